The molecule has 136 valence electrons. The number of hydrazine groups is 1. The highest BCUT2D eigenvalue weighted by molar-refractivity contribution is 5.99. The Morgan fingerprint density at radius 1 is 1.12 bits per heavy atom. The normalized spacial score (nSPS) is 11.3. The molecule has 0 aliphatic carbocycles. The van der Waals surface area contributed by atoms with Crippen molar-refractivity contribution < 1.29 is 19.2 Å². The van der Waals surface area contributed by atoms with Gasteiger partial charge in [0.15, 0.2) is 6.10 Å². The van der Waals surface area contributed by atoms with E-state index in [0.717, 1.165) is 5.56 Å². The highest BCUT2D eigenvalue weighted by Gasteiger charge is 2.22. The molecule has 8 heteroatoms. The van der Waals surface area contributed by atoms with Gasteiger partial charge in [0.2, 0.25) is 0 Å². The first-order valence-corrected chi connectivity index (χ1v) is 7.99. The molecule has 0 heterocycles. The van der Waals surface area contributed by atoms with Gasteiger partial charge in [0, 0.05) is 6.07 Å². The zero-order valence-electron chi connectivity index (χ0n) is 14.4. The average molecular weight is 357 g/mol. The standard InChI is InChI=1S/C18H19N3O5/c1-3-16(26-13-10-8-12(2)9-11-13)18(23)20-19-17(22)14-6-4-5-7-15(14)21(24)25/h4-11,16H,3H2,1-2H3,(H,19,22)(H,20,23). The van der Waals surface area contributed by atoms with Gasteiger partial charge in [0.05, 0.1) is 4.92 Å². The molecule has 2 N–H and O–H groups in total. The van der Waals surface area contributed by atoms with Crippen molar-refractivity contribution in [3.05, 3.63) is 69.8 Å². The van der Waals surface area contributed by atoms with Gasteiger partial charge in [-0.25, -0.2) is 0 Å². The minimum atomic E-state index is -0.816. The second-order valence-electron chi connectivity index (χ2n) is 5.55. The van der Waals surface area contributed by atoms with Crippen LogP contribution >= 0.6 is 0 Å². The number of amides is 2. The van der Waals surface area contributed by atoms with Crippen LogP contribution < -0.4 is 15.6 Å². The summed E-state index contributed by atoms with van der Waals surface area (Å²) in [6, 6.07) is 12.7. The van der Waals surface area contributed by atoms with Gasteiger partial charge in [-0.15, -0.1) is 0 Å². The summed E-state index contributed by atoms with van der Waals surface area (Å²) in [5, 5.41) is 11.0. The predicted octanol–water partition coefficient (Wildman–Crippen LogP) is 2.52. The fraction of sp³-hybridized carbons (Fsp3) is 0.222. The lowest BCUT2D eigenvalue weighted by Gasteiger charge is -2.17. The molecule has 2 aromatic carbocycles. The smallest absolute Gasteiger partial charge is 0.282 e. The van der Waals surface area contributed by atoms with Crippen LogP contribution in [0.4, 0.5) is 5.69 Å². The Balaban J connectivity index is 1.99. The summed E-state index contributed by atoms with van der Waals surface area (Å²) in [5.41, 5.74) is 4.99. The Morgan fingerprint density at radius 2 is 1.77 bits per heavy atom. The molecule has 0 bridgehead atoms. The number of hydrogen-bond donors (Lipinski definition) is 2. The van der Waals surface area contributed by atoms with Crippen LogP contribution in [0.15, 0.2) is 48.5 Å². The maximum Gasteiger partial charge on any atom is 0.282 e. The summed E-state index contributed by atoms with van der Waals surface area (Å²) >= 11 is 0. The largest absolute Gasteiger partial charge is 0.481 e. The van der Waals surface area contributed by atoms with Crippen molar-refractivity contribution >= 4 is 17.5 Å². The zero-order valence-corrected chi connectivity index (χ0v) is 14.4. The number of nitro benzene ring substituents is 1. The number of benzene rings is 2. The van der Waals surface area contributed by atoms with Crippen LogP contribution in [0.5, 0.6) is 5.75 Å². The van der Waals surface area contributed by atoms with Crippen molar-refractivity contribution in [2.24, 2.45) is 0 Å². The molecule has 0 aliphatic rings. The Kier molecular flexibility index (Phi) is 6.26. The molecule has 1 unspecified atom stereocenters. The zero-order chi connectivity index (χ0) is 19.1. The summed E-state index contributed by atoms with van der Waals surface area (Å²) in [6.45, 7) is 3.70. The second kappa shape index (κ2) is 8.61. The molecule has 0 aromatic heterocycles. The Hall–Kier alpha value is -3.42. The fourth-order valence-corrected chi connectivity index (χ4v) is 2.19. The van der Waals surface area contributed by atoms with E-state index in [1.165, 1.54) is 24.3 Å². The molecule has 1 atom stereocenters. The van der Waals surface area contributed by atoms with Gasteiger partial charge >= 0.3 is 0 Å². The number of rotatable bonds is 6. The summed E-state index contributed by atoms with van der Waals surface area (Å²) in [4.78, 5) is 34.6. The molecule has 8 nitrogen and oxygen atoms in total. The number of carbonyl (C=O) groups excluding carboxylic acids is 2. The van der Waals surface area contributed by atoms with Crippen LogP contribution in [-0.2, 0) is 4.79 Å². The van der Waals surface area contributed by atoms with Crippen LogP contribution in [0.25, 0.3) is 0 Å². The number of ether oxygens (including phenoxy) is 1. The molecule has 0 fully saturated rings. The van der Waals surface area contributed by atoms with E-state index in [1.807, 2.05) is 19.1 Å². The maximum absolute atomic E-state index is 12.2. The van der Waals surface area contributed by atoms with E-state index in [1.54, 1.807) is 19.1 Å². The lowest BCUT2D eigenvalue weighted by Crippen LogP contribution is -2.48. The quantitative estimate of drug-likeness (QED) is 0.610. The summed E-state index contributed by atoms with van der Waals surface area (Å²) in [7, 11) is 0. The summed E-state index contributed by atoms with van der Waals surface area (Å²) < 4.78 is 5.61. The molecule has 0 saturated heterocycles. The van der Waals surface area contributed by atoms with Gasteiger partial charge in [0.25, 0.3) is 17.5 Å². The van der Waals surface area contributed by atoms with E-state index >= 15 is 0 Å². The minimum absolute atomic E-state index is 0.148. The number of nitro groups is 1. The predicted molar refractivity (Wildman–Crippen MR) is 94.6 cm³/mol. The van der Waals surface area contributed by atoms with Gasteiger partial charge in [-0.05, 0) is 31.5 Å². The fourth-order valence-electron chi connectivity index (χ4n) is 2.19. The molecule has 0 aliphatic heterocycles. The average Bonchev–Trinajstić information content (AvgIpc) is 2.65. The Labute approximate surface area is 150 Å². The third kappa shape index (κ3) is 4.79. The van der Waals surface area contributed by atoms with Crippen LogP contribution in [-0.4, -0.2) is 22.8 Å². The van der Waals surface area contributed by atoms with Crippen molar-refractivity contribution in [1.82, 2.24) is 10.9 Å². The van der Waals surface area contributed by atoms with E-state index in [0.29, 0.717) is 12.2 Å². The first kappa shape index (κ1) is 18.9. The van der Waals surface area contributed by atoms with Crippen molar-refractivity contribution in [3.8, 4) is 5.75 Å². The van der Waals surface area contributed by atoms with E-state index < -0.39 is 22.8 Å². The van der Waals surface area contributed by atoms with Crippen LogP contribution in [0.1, 0.15) is 29.3 Å². The SMILES string of the molecule is CCC(Oc1ccc(C)cc1)C(=O)NNC(=O)c1ccccc1[N+](=O)[O-]. The number of nitrogens with zero attached hydrogens (tertiary/aromatic N) is 1. The highest BCUT2D eigenvalue weighted by atomic mass is 16.6. The van der Waals surface area contributed by atoms with E-state index in [2.05, 4.69) is 10.9 Å². The van der Waals surface area contributed by atoms with Gasteiger partial charge in [-0.3, -0.25) is 30.6 Å². The second-order valence-corrected chi connectivity index (χ2v) is 5.55. The van der Waals surface area contributed by atoms with Crippen LogP contribution in [0.3, 0.4) is 0 Å². The van der Waals surface area contributed by atoms with Crippen molar-refractivity contribution in [3.63, 3.8) is 0 Å². The molecule has 0 radical (unpaired) electrons. The Bertz CT molecular complexity index is 805. The van der Waals surface area contributed by atoms with E-state index in [9.17, 15) is 19.7 Å². The maximum atomic E-state index is 12.2. The topological polar surface area (TPSA) is 111 Å². The van der Waals surface area contributed by atoms with Crippen molar-refractivity contribution in [2.75, 3.05) is 0 Å². The molecule has 26 heavy (non-hydrogen) atoms. The van der Waals surface area contributed by atoms with E-state index in [-0.39, 0.29) is 11.3 Å². The van der Waals surface area contributed by atoms with Crippen molar-refractivity contribution in [1.29, 1.82) is 0 Å². The van der Waals surface area contributed by atoms with Crippen LogP contribution in [0, 0.1) is 17.0 Å². The summed E-state index contributed by atoms with van der Waals surface area (Å²) in [6.07, 6.45) is -0.440. The first-order chi connectivity index (χ1) is 12.4. The molecule has 0 saturated carbocycles. The highest BCUT2D eigenvalue weighted by Crippen LogP contribution is 2.17. The minimum Gasteiger partial charge on any atom is -0.481 e. The lowest BCUT2D eigenvalue weighted by molar-refractivity contribution is -0.385. The van der Waals surface area contributed by atoms with Crippen LogP contribution in [0.2, 0.25) is 0 Å². The summed E-state index contributed by atoms with van der Waals surface area (Å²) in [5.74, 6) is -0.807. The molecule has 0 spiro atoms. The monoisotopic (exact) mass is 357 g/mol. The van der Waals surface area contributed by atoms with Gasteiger partial charge in [-0.1, -0.05) is 36.8 Å². The molecule has 2 amide bonds. The molecule has 2 aromatic rings. The molecular formula is C18H19N3O5. The first-order valence-electron chi connectivity index (χ1n) is 7.99. The lowest BCUT2D eigenvalue weighted by atomic mass is 10.2. The van der Waals surface area contributed by atoms with Crippen molar-refractivity contribution in [2.45, 2.75) is 26.4 Å². The Morgan fingerprint density at radius 3 is 2.38 bits per heavy atom. The number of para-hydroxylation sites is 1. The molecular weight excluding hydrogens is 338 g/mol. The van der Waals surface area contributed by atoms with Gasteiger partial charge in [0.1, 0.15) is 11.3 Å². The van der Waals surface area contributed by atoms with Gasteiger partial charge < -0.3 is 4.74 Å². The number of carbonyl (C=O) groups is 2. The number of hydrogen-bond acceptors (Lipinski definition) is 5. The van der Waals surface area contributed by atoms with E-state index in [4.69, 9.17) is 4.74 Å². The third-order valence-electron chi connectivity index (χ3n) is 3.61. The number of aryl methyl sites for hydroxylation is 1. The number of nitrogens with one attached hydrogen (secondary N) is 2. The molecule has 2 rings (SSSR count). The third-order valence-corrected chi connectivity index (χ3v) is 3.61. The van der Waals surface area contributed by atoms with Gasteiger partial charge in [-0.2, -0.15) is 0 Å².